The Labute approximate surface area is 155 Å². The van der Waals surface area contributed by atoms with Crippen molar-refractivity contribution >= 4 is 17.8 Å². The van der Waals surface area contributed by atoms with Gasteiger partial charge in [0.1, 0.15) is 0 Å². The zero-order chi connectivity index (χ0) is 19.7. The summed E-state index contributed by atoms with van der Waals surface area (Å²) in [4.78, 5) is 34.3. The van der Waals surface area contributed by atoms with Crippen molar-refractivity contribution in [1.29, 1.82) is 0 Å². The second-order valence-corrected chi connectivity index (χ2v) is 7.30. The van der Waals surface area contributed by atoms with Gasteiger partial charge in [-0.3, -0.25) is 14.4 Å². The normalized spacial score (nSPS) is 22.3. The number of terminal acetylenes is 1. The molecule has 0 saturated heterocycles. The van der Waals surface area contributed by atoms with E-state index < -0.39 is 5.97 Å². The molecule has 1 aliphatic rings. The lowest BCUT2D eigenvalue weighted by Crippen LogP contribution is -2.37. The Kier molecular flexibility index (Phi) is 8.91. The lowest BCUT2D eigenvalue weighted by Gasteiger charge is -2.37. The van der Waals surface area contributed by atoms with Crippen molar-refractivity contribution in [2.75, 3.05) is 13.1 Å². The number of carbonyl (C=O) groups excluding carboxylic acids is 2. The van der Waals surface area contributed by atoms with Crippen LogP contribution < -0.4 is 10.6 Å². The topological polar surface area (TPSA) is 95.5 Å². The van der Waals surface area contributed by atoms with E-state index in [0.29, 0.717) is 24.8 Å². The summed E-state index contributed by atoms with van der Waals surface area (Å²) in [5.41, 5.74) is 1.16. The van der Waals surface area contributed by atoms with Gasteiger partial charge in [-0.15, -0.1) is 6.42 Å². The lowest BCUT2D eigenvalue weighted by molar-refractivity contribution is -0.138. The van der Waals surface area contributed by atoms with Gasteiger partial charge in [-0.25, -0.2) is 0 Å². The predicted octanol–water partition coefficient (Wildman–Crippen LogP) is 1.96. The molecule has 26 heavy (non-hydrogen) atoms. The fourth-order valence-electron chi connectivity index (χ4n) is 3.49. The van der Waals surface area contributed by atoms with Gasteiger partial charge in [0.2, 0.25) is 11.8 Å². The number of allylic oxidation sites excluding steroid dienone is 1. The molecular weight excluding hydrogens is 332 g/mol. The van der Waals surface area contributed by atoms with E-state index in [1.54, 1.807) is 0 Å². The van der Waals surface area contributed by atoms with Crippen LogP contribution in [0.4, 0.5) is 0 Å². The Morgan fingerprint density at radius 3 is 2.54 bits per heavy atom. The van der Waals surface area contributed by atoms with Gasteiger partial charge in [0, 0.05) is 19.4 Å². The summed E-state index contributed by atoms with van der Waals surface area (Å²) in [6.07, 6.45) is 8.47. The van der Waals surface area contributed by atoms with Crippen molar-refractivity contribution in [2.24, 2.45) is 23.7 Å². The van der Waals surface area contributed by atoms with Gasteiger partial charge in [0.15, 0.2) is 0 Å². The summed E-state index contributed by atoms with van der Waals surface area (Å²) in [6.45, 7) is 7.05. The summed E-state index contributed by atoms with van der Waals surface area (Å²) < 4.78 is 0. The summed E-state index contributed by atoms with van der Waals surface area (Å²) in [6, 6.07) is 0. The predicted molar refractivity (Wildman–Crippen MR) is 100 cm³/mol. The molecule has 0 heterocycles. The number of carboxylic acids is 1. The SMILES string of the molecule is C#CCNC(=O)C[C@@H]1C[C@@H](C(C)C)[C@H](CNC(=O)CCC(=O)O)C=C1C. The standard InChI is InChI=1S/C20H30N2O4/c1-5-8-21-19(24)11-15-10-17(13(2)3)16(9-14(15)4)12-22-18(23)6-7-20(25)26/h1,9,13,15-17H,6-8,10-12H2,2-4H3,(H,21,24)(H,22,23)(H,25,26)/t15-,16-,17-/m0/s1. The van der Waals surface area contributed by atoms with Gasteiger partial charge in [-0.2, -0.15) is 0 Å². The van der Waals surface area contributed by atoms with Gasteiger partial charge in [-0.05, 0) is 37.0 Å². The van der Waals surface area contributed by atoms with Crippen LogP contribution in [0.1, 0.15) is 46.5 Å². The first-order valence-electron chi connectivity index (χ1n) is 9.11. The molecule has 0 bridgehead atoms. The Morgan fingerprint density at radius 1 is 1.27 bits per heavy atom. The van der Waals surface area contributed by atoms with E-state index in [2.05, 4.69) is 36.5 Å². The Balaban J connectivity index is 2.68. The Bertz CT molecular complexity index is 589. The number of rotatable bonds is 9. The maximum atomic E-state index is 12.0. The average molecular weight is 362 g/mol. The largest absolute Gasteiger partial charge is 0.481 e. The highest BCUT2D eigenvalue weighted by molar-refractivity contribution is 5.80. The summed E-state index contributed by atoms with van der Waals surface area (Å²) in [5.74, 6) is 2.28. The number of hydrogen-bond donors (Lipinski definition) is 3. The molecule has 0 aromatic carbocycles. The minimum Gasteiger partial charge on any atom is -0.481 e. The summed E-state index contributed by atoms with van der Waals surface area (Å²) >= 11 is 0. The molecule has 0 radical (unpaired) electrons. The highest BCUT2D eigenvalue weighted by Gasteiger charge is 2.32. The maximum Gasteiger partial charge on any atom is 0.303 e. The quantitative estimate of drug-likeness (QED) is 0.432. The van der Waals surface area contributed by atoms with Crippen molar-refractivity contribution in [3.05, 3.63) is 11.6 Å². The molecule has 0 saturated carbocycles. The number of aliphatic carboxylic acids is 1. The highest BCUT2D eigenvalue weighted by Crippen LogP contribution is 2.38. The van der Waals surface area contributed by atoms with Crippen LogP contribution in [-0.4, -0.2) is 36.0 Å². The van der Waals surface area contributed by atoms with Crippen LogP contribution in [-0.2, 0) is 14.4 Å². The fraction of sp³-hybridized carbons (Fsp3) is 0.650. The molecule has 0 unspecified atom stereocenters. The first-order valence-corrected chi connectivity index (χ1v) is 9.11. The maximum absolute atomic E-state index is 12.0. The van der Waals surface area contributed by atoms with E-state index in [0.717, 1.165) is 12.0 Å². The minimum atomic E-state index is -0.973. The van der Waals surface area contributed by atoms with Gasteiger partial charge < -0.3 is 15.7 Å². The molecule has 1 aliphatic carbocycles. The van der Waals surface area contributed by atoms with Crippen LogP contribution in [0.25, 0.3) is 0 Å². The molecule has 2 amide bonds. The van der Waals surface area contributed by atoms with Crippen LogP contribution in [0.5, 0.6) is 0 Å². The summed E-state index contributed by atoms with van der Waals surface area (Å²) in [5, 5.41) is 14.2. The number of carbonyl (C=O) groups is 3. The van der Waals surface area contributed by atoms with Crippen LogP contribution in [0, 0.1) is 36.0 Å². The monoisotopic (exact) mass is 362 g/mol. The molecule has 6 heteroatoms. The molecule has 1 rings (SSSR count). The third-order valence-electron chi connectivity index (χ3n) is 5.00. The molecule has 3 atom stereocenters. The molecule has 0 spiro atoms. The van der Waals surface area contributed by atoms with E-state index in [9.17, 15) is 14.4 Å². The van der Waals surface area contributed by atoms with Gasteiger partial charge in [0.05, 0.1) is 13.0 Å². The second-order valence-electron chi connectivity index (χ2n) is 7.30. The van der Waals surface area contributed by atoms with E-state index in [-0.39, 0.29) is 43.0 Å². The van der Waals surface area contributed by atoms with E-state index >= 15 is 0 Å². The number of amides is 2. The first-order chi connectivity index (χ1) is 12.2. The number of hydrogen-bond acceptors (Lipinski definition) is 3. The van der Waals surface area contributed by atoms with E-state index in [1.165, 1.54) is 0 Å². The first kappa shape index (κ1) is 21.8. The molecule has 0 aromatic heterocycles. The molecule has 3 N–H and O–H groups in total. The Hall–Kier alpha value is -2.29. The Morgan fingerprint density at radius 2 is 1.96 bits per heavy atom. The van der Waals surface area contributed by atoms with Crippen LogP contribution >= 0.6 is 0 Å². The van der Waals surface area contributed by atoms with Gasteiger partial charge >= 0.3 is 5.97 Å². The highest BCUT2D eigenvalue weighted by atomic mass is 16.4. The molecule has 0 aromatic rings. The molecule has 0 aliphatic heterocycles. The van der Waals surface area contributed by atoms with Crippen LogP contribution in [0.15, 0.2) is 11.6 Å². The van der Waals surface area contributed by atoms with Gasteiger partial charge in [0.25, 0.3) is 0 Å². The number of carboxylic acid groups (broad SMARTS) is 1. The minimum absolute atomic E-state index is 0.00489. The molecular formula is C20H30N2O4. The van der Waals surface area contributed by atoms with Crippen molar-refractivity contribution in [1.82, 2.24) is 10.6 Å². The lowest BCUT2D eigenvalue weighted by atomic mass is 9.69. The van der Waals surface area contributed by atoms with Crippen LogP contribution in [0.2, 0.25) is 0 Å². The fourth-order valence-corrected chi connectivity index (χ4v) is 3.49. The number of nitrogens with one attached hydrogen (secondary N) is 2. The average Bonchev–Trinajstić information content (AvgIpc) is 2.57. The van der Waals surface area contributed by atoms with Gasteiger partial charge in [-0.1, -0.05) is 31.4 Å². The van der Waals surface area contributed by atoms with Crippen molar-refractivity contribution in [2.45, 2.75) is 46.5 Å². The smallest absolute Gasteiger partial charge is 0.303 e. The second kappa shape index (κ2) is 10.6. The third kappa shape index (κ3) is 7.30. The van der Waals surface area contributed by atoms with Crippen molar-refractivity contribution < 1.29 is 19.5 Å². The molecule has 144 valence electrons. The van der Waals surface area contributed by atoms with E-state index in [1.807, 2.05) is 6.92 Å². The van der Waals surface area contributed by atoms with E-state index in [4.69, 9.17) is 11.5 Å². The van der Waals surface area contributed by atoms with Crippen LogP contribution in [0.3, 0.4) is 0 Å². The van der Waals surface area contributed by atoms with Crippen molar-refractivity contribution in [3.8, 4) is 12.3 Å². The molecule has 0 fully saturated rings. The third-order valence-corrected chi connectivity index (χ3v) is 5.00. The zero-order valence-corrected chi connectivity index (χ0v) is 15.9. The molecule has 6 nitrogen and oxygen atoms in total. The van der Waals surface area contributed by atoms with Crippen molar-refractivity contribution in [3.63, 3.8) is 0 Å². The zero-order valence-electron chi connectivity index (χ0n) is 15.9. The summed E-state index contributed by atoms with van der Waals surface area (Å²) in [7, 11) is 0.